The van der Waals surface area contributed by atoms with Crippen LogP contribution in [0.4, 0.5) is 0 Å². The van der Waals surface area contributed by atoms with E-state index in [0.29, 0.717) is 0 Å². The largest absolute Gasteiger partial charge is 0.133 e. The van der Waals surface area contributed by atoms with E-state index >= 15 is 0 Å². The van der Waals surface area contributed by atoms with Crippen LogP contribution in [0.2, 0.25) is 0 Å². The van der Waals surface area contributed by atoms with Crippen molar-refractivity contribution >= 4 is 9.24 Å². The van der Waals surface area contributed by atoms with Crippen LogP contribution in [0.5, 0.6) is 0 Å². The smallest absolute Gasteiger partial charge is 0.0128 e. The van der Waals surface area contributed by atoms with Gasteiger partial charge in [0.1, 0.15) is 0 Å². The van der Waals surface area contributed by atoms with E-state index in [9.17, 15) is 0 Å². The van der Waals surface area contributed by atoms with Crippen molar-refractivity contribution in [2.24, 2.45) is 0 Å². The van der Waals surface area contributed by atoms with Gasteiger partial charge in [-0.05, 0) is 42.1 Å². The molecule has 1 heteroatoms. The summed E-state index contributed by atoms with van der Waals surface area (Å²) in [6.45, 7) is 0. The number of hydrogen-bond acceptors (Lipinski definition) is 0. The molecule has 0 saturated heterocycles. The molecule has 0 heterocycles. The molecular weight excluding hydrogens is 151 g/mol. The second-order valence-electron chi connectivity index (χ2n) is 3.16. The Balaban J connectivity index is 2.41. The summed E-state index contributed by atoms with van der Waals surface area (Å²) in [5, 5.41) is 0. The molecule has 0 nitrogen and oxygen atoms in total. The lowest BCUT2D eigenvalue weighted by Gasteiger charge is -2.00. The first-order chi connectivity index (χ1) is 5.40. The summed E-state index contributed by atoms with van der Waals surface area (Å²) in [5.74, 6) is 0. The molecule has 0 N–H and O–H groups in total. The Kier molecular flexibility index (Phi) is 1.96. The highest BCUT2D eigenvalue weighted by molar-refractivity contribution is 7.15. The van der Waals surface area contributed by atoms with Gasteiger partial charge in [0.05, 0.1) is 0 Å². The maximum Gasteiger partial charge on any atom is -0.0128 e. The van der Waals surface area contributed by atoms with Crippen LogP contribution in [-0.4, -0.2) is 0 Å². The van der Waals surface area contributed by atoms with Gasteiger partial charge in [0.15, 0.2) is 0 Å². The third-order valence-electron chi connectivity index (χ3n) is 2.40. The van der Waals surface area contributed by atoms with E-state index in [4.69, 9.17) is 0 Å². The molecule has 0 amide bonds. The van der Waals surface area contributed by atoms with Gasteiger partial charge in [0.25, 0.3) is 0 Å². The van der Waals surface area contributed by atoms with Gasteiger partial charge in [-0.15, -0.1) is 9.24 Å². The Morgan fingerprint density at radius 3 is 2.82 bits per heavy atom. The number of rotatable bonds is 1. The minimum atomic E-state index is 1.09. The summed E-state index contributed by atoms with van der Waals surface area (Å²) >= 11 is 0. The van der Waals surface area contributed by atoms with Crippen molar-refractivity contribution in [1.29, 1.82) is 0 Å². The second-order valence-corrected chi connectivity index (χ2v) is 3.57. The Hall–Kier alpha value is -0.350. The molecule has 0 radical (unpaired) electrons. The van der Waals surface area contributed by atoms with Gasteiger partial charge in [0.2, 0.25) is 0 Å². The summed E-state index contributed by atoms with van der Waals surface area (Å²) in [6, 6.07) is 6.90. The average molecular weight is 164 g/mol. The zero-order valence-corrected chi connectivity index (χ0v) is 7.79. The third kappa shape index (κ3) is 1.32. The maximum atomic E-state index is 2.77. The monoisotopic (exact) mass is 164 g/mol. The molecule has 1 aromatic carbocycles. The number of hydrogen-bond donors (Lipinski definition) is 0. The fourth-order valence-corrected chi connectivity index (χ4v) is 2.01. The number of aryl methyl sites for hydroxylation is 2. The zero-order valence-electron chi connectivity index (χ0n) is 6.64. The van der Waals surface area contributed by atoms with Crippen molar-refractivity contribution in [2.75, 3.05) is 0 Å². The molecule has 1 aliphatic rings. The van der Waals surface area contributed by atoms with Crippen molar-refractivity contribution in [3.05, 3.63) is 34.9 Å². The molecule has 0 aromatic heterocycles. The van der Waals surface area contributed by atoms with Gasteiger partial charge in [0, 0.05) is 0 Å². The lowest BCUT2D eigenvalue weighted by Crippen LogP contribution is -1.84. The van der Waals surface area contributed by atoms with Gasteiger partial charge in [-0.3, -0.25) is 0 Å². The Morgan fingerprint density at radius 1 is 1.18 bits per heavy atom. The van der Waals surface area contributed by atoms with Gasteiger partial charge in [-0.25, -0.2) is 0 Å². The summed E-state index contributed by atoms with van der Waals surface area (Å²) < 4.78 is 0. The molecule has 1 unspecified atom stereocenters. The average Bonchev–Trinajstić information content (AvgIpc) is 2.50. The maximum absolute atomic E-state index is 2.77. The standard InChI is InChI=1S/C10H13P/c11-7-8-4-5-9-2-1-3-10(9)6-8/h4-6H,1-3,7,11H2. The number of fused-ring (bicyclic) bond motifs is 1. The first-order valence-corrected chi connectivity index (χ1v) is 5.02. The van der Waals surface area contributed by atoms with E-state index in [1.165, 1.54) is 24.8 Å². The summed E-state index contributed by atoms with van der Waals surface area (Å²) in [4.78, 5) is 0. The van der Waals surface area contributed by atoms with Crippen molar-refractivity contribution in [1.82, 2.24) is 0 Å². The molecule has 0 fully saturated rings. The first-order valence-electron chi connectivity index (χ1n) is 4.21. The molecule has 0 saturated carbocycles. The lowest BCUT2D eigenvalue weighted by atomic mass is 10.1. The Bertz CT molecular complexity index is 266. The van der Waals surface area contributed by atoms with E-state index in [-0.39, 0.29) is 0 Å². The summed E-state index contributed by atoms with van der Waals surface area (Å²) in [7, 11) is 2.77. The highest BCUT2D eigenvalue weighted by Crippen LogP contribution is 2.23. The molecule has 58 valence electrons. The van der Waals surface area contributed by atoms with Crippen LogP contribution in [0.3, 0.4) is 0 Å². The number of benzene rings is 1. The van der Waals surface area contributed by atoms with Crippen LogP contribution in [0.1, 0.15) is 23.1 Å². The minimum Gasteiger partial charge on any atom is -0.133 e. The Labute approximate surface area is 70.2 Å². The van der Waals surface area contributed by atoms with Crippen molar-refractivity contribution in [3.63, 3.8) is 0 Å². The molecule has 0 bridgehead atoms. The molecule has 0 spiro atoms. The van der Waals surface area contributed by atoms with E-state index in [1.54, 1.807) is 11.1 Å². The van der Waals surface area contributed by atoms with Crippen LogP contribution in [-0.2, 0) is 19.0 Å². The van der Waals surface area contributed by atoms with Gasteiger partial charge in [-0.2, -0.15) is 0 Å². The van der Waals surface area contributed by atoms with Gasteiger partial charge >= 0.3 is 0 Å². The predicted molar refractivity (Wildman–Crippen MR) is 51.9 cm³/mol. The highest BCUT2D eigenvalue weighted by atomic mass is 31.0. The molecule has 1 atom stereocenters. The van der Waals surface area contributed by atoms with E-state index in [0.717, 1.165) is 6.16 Å². The molecule has 0 aliphatic heterocycles. The highest BCUT2D eigenvalue weighted by Gasteiger charge is 2.09. The summed E-state index contributed by atoms with van der Waals surface area (Å²) in [5.41, 5.74) is 4.62. The SMILES string of the molecule is PCc1ccc2c(c1)CCC2. The molecule has 1 aliphatic carbocycles. The van der Waals surface area contributed by atoms with E-state index in [2.05, 4.69) is 27.4 Å². The summed E-state index contributed by atoms with van der Waals surface area (Å²) in [6.07, 6.45) is 5.04. The topological polar surface area (TPSA) is 0 Å². The van der Waals surface area contributed by atoms with Crippen LogP contribution < -0.4 is 0 Å². The van der Waals surface area contributed by atoms with Crippen molar-refractivity contribution < 1.29 is 0 Å². The van der Waals surface area contributed by atoms with Crippen LogP contribution in [0.25, 0.3) is 0 Å². The normalized spacial score (nSPS) is 15.0. The molecule has 2 rings (SSSR count). The van der Waals surface area contributed by atoms with Gasteiger partial charge in [-0.1, -0.05) is 18.2 Å². The molecular formula is C10H13P. The first kappa shape index (κ1) is 7.31. The molecule has 1 aromatic rings. The van der Waals surface area contributed by atoms with Crippen LogP contribution in [0, 0.1) is 0 Å². The fourth-order valence-electron chi connectivity index (χ4n) is 1.75. The lowest BCUT2D eigenvalue weighted by molar-refractivity contribution is 0.911. The van der Waals surface area contributed by atoms with Gasteiger partial charge < -0.3 is 0 Å². The third-order valence-corrected chi connectivity index (χ3v) is 2.87. The van der Waals surface area contributed by atoms with E-state index < -0.39 is 0 Å². The predicted octanol–water partition coefficient (Wildman–Crippen LogP) is 2.55. The zero-order chi connectivity index (χ0) is 7.68. The van der Waals surface area contributed by atoms with Crippen molar-refractivity contribution in [3.8, 4) is 0 Å². The quantitative estimate of drug-likeness (QED) is 0.559. The van der Waals surface area contributed by atoms with Crippen molar-refractivity contribution in [2.45, 2.75) is 25.4 Å². The minimum absolute atomic E-state index is 1.09. The van der Waals surface area contributed by atoms with Crippen LogP contribution in [0.15, 0.2) is 18.2 Å². The Morgan fingerprint density at radius 2 is 2.00 bits per heavy atom. The molecule has 11 heavy (non-hydrogen) atoms. The van der Waals surface area contributed by atoms with Crippen LogP contribution >= 0.6 is 9.24 Å². The second kappa shape index (κ2) is 2.95. The fraction of sp³-hybridized carbons (Fsp3) is 0.400. The van der Waals surface area contributed by atoms with E-state index in [1.807, 2.05) is 0 Å².